The quantitative estimate of drug-likeness (QED) is 0.771. The molecule has 28 heavy (non-hydrogen) atoms. The molecule has 2 aromatic rings. The minimum atomic E-state index is -0.585. The molecule has 5 nitrogen and oxygen atoms in total. The third kappa shape index (κ3) is 6.19. The number of pyridine rings is 1. The highest BCUT2D eigenvalue weighted by atomic mass is 16.2. The summed E-state index contributed by atoms with van der Waals surface area (Å²) in [4.78, 5) is 29.4. The Morgan fingerprint density at radius 3 is 2.25 bits per heavy atom. The van der Waals surface area contributed by atoms with E-state index in [1.54, 1.807) is 6.20 Å². The van der Waals surface area contributed by atoms with Crippen LogP contribution in [0.15, 0.2) is 48.7 Å². The first-order valence-electron chi connectivity index (χ1n) is 9.77. The third-order valence-electron chi connectivity index (χ3n) is 4.66. The molecule has 2 rings (SSSR count). The fraction of sp³-hybridized carbons (Fsp3) is 0.435. The largest absolute Gasteiger partial charge is 0.354 e. The minimum Gasteiger partial charge on any atom is -0.354 e. The molecule has 0 aliphatic rings. The van der Waals surface area contributed by atoms with Crippen LogP contribution in [0.25, 0.3) is 0 Å². The summed E-state index contributed by atoms with van der Waals surface area (Å²) in [5, 5.41) is 5.78. The summed E-state index contributed by atoms with van der Waals surface area (Å²) in [6.45, 7) is 10.7. The molecule has 0 unspecified atom stereocenters. The first-order valence-corrected chi connectivity index (χ1v) is 9.77. The fourth-order valence-electron chi connectivity index (χ4n) is 2.85. The van der Waals surface area contributed by atoms with Gasteiger partial charge in [0.25, 0.3) is 5.91 Å². The fourth-order valence-corrected chi connectivity index (χ4v) is 2.85. The summed E-state index contributed by atoms with van der Waals surface area (Å²) >= 11 is 0. The monoisotopic (exact) mass is 381 g/mol. The Kier molecular flexibility index (Phi) is 7.32. The van der Waals surface area contributed by atoms with Gasteiger partial charge in [0, 0.05) is 30.4 Å². The summed E-state index contributed by atoms with van der Waals surface area (Å²) < 4.78 is 0. The lowest BCUT2D eigenvalue weighted by Crippen LogP contribution is -2.50. The number of hydrogen-bond acceptors (Lipinski definition) is 3. The van der Waals surface area contributed by atoms with Gasteiger partial charge >= 0.3 is 0 Å². The van der Waals surface area contributed by atoms with Crippen LogP contribution in [0.1, 0.15) is 56.2 Å². The maximum absolute atomic E-state index is 12.6. The predicted molar refractivity (Wildman–Crippen MR) is 112 cm³/mol. The molecule has 1 heterocycles. The van der Waals surface area contributed by atoms with Gasteiger partial charge in [0.2, 0.25) is 5.91 Å². The maximum atomic E-state index is 12.6. The van der Waals surface area contributed by atoms with Crippen molar-refractivity contribution in [2.45, 2.75) is 52.5 Å². The summed E-state index contributed by atoms with van der Waals surface area (Å²) in [6.07, 6.45) is 2.39. The molecule has 2 amide bonds. The average Bonchev–Trinajstić information content (AvgIpc) is 2.65. The van der Waals surface area contributed by atoms with Gasteiger partial charge in [-0.1, -0.05) is 52.8 Å². The topological polar surface area (TPSA) is 71.1 Å². The van der Waals surface area contributed by atoms with Gasteiger partial charge in [-0.2, -0.15) is 0 Å². The van der Waals surface area contributed by atoms with Crippen LogP contribution in [-0.4, -0.2) is 29.4 Å². The van der Waals surface area contributed by atoms with Crippen LogP contribution in [0.5, 0.6) is 0 Å². The van der Waals surface area contributed by atoms with Gasteiger partial charge < -0.3 is 10.6 Å². The molecular formula is C23H31N3O2. The molecule has 0 aliphatic carbocycles. The van der Waals surface area contributed by atoms with Crippen LogP contribution in [0.2, 0.25) is 0 Å². The smallest absolute Gasteiger partial charge is 0.251 e. The van der Waals surface area contributed by atoms with E-state index >= 15 is 0 Å². The standard InChI is InChI=1S/C23H31N3O2/c1-16(2)20(22(28)25-15-13-19-8-6-7-14-24-19)26-21(27)17-9-11-18(12-10-17)23(3,4)5/h6-12,14,16,20H,13,15H2,1-5H3,(H,25,28)(H,26,27)/t20-/m1/s1. The molecule has 0 saturated heterocycles. The lowest BCUT2D eigenvalue weighted by atomic mass is 9.86. The Morgan fingerprint density at radius 1 is 1.04 bits per heavy atom. The highest BCUT2D eigenvalue weighted by Crippen LogP contribution is 2.22. The molecule has 1 atom stereocenters. The molecule has 150 valence electrons. The first-order chi connectivity index (χ1) is 13.2. The highest BCUT2D eigenvalue weighted by molar-refractivity contribution is 5.97. The number of rotatable bonds is 7. The van der Waals surface area contributed by atoms with Gasteiger partial charge in [-0.3, -0.25) is 14.6 Å². The molecule has 1 aromatic carbocycles. The van der Waals surface area contributed by atoms with Crippen LogP contribution >= 0.6 is 0 Å². The lowest BCUT2D eigenvalue weighted by Gasteiger charge is -2.22. The molecular weight excluding hydrogens is 350 g/mol. The first kappa shape index (κ1) is 21.6. The molecule has 0 bridgehead atoms. The van der Waals surface area contributed by atoms with Crippen molar-refractivity contribution in [3.8, 4) is 0 Å². The van der Waals surface area contributed by atoms with Crippen molar-refractivity contribution in [1.82, 2.24) is 15.6 Å². The van der Waals surface area contributed by atoms with E-state index in [0.717, 1.165) is 11.3 Å². The second kappa shape index (κ2) is 9.49. The van der Waals surface area contributed by atoms with Crippen molar-refractivity contribution in [3.63, 3.8) is 0 Å². The van der Waals surface area contributed by atoms with Crippen LogP contribution in [0.4, 0.5) is 0 Å². The second-order valence-corrected chi connectivity index (χ2v) is 8.38. The Hall–Kier alpha value is -2.69. The van der Waals surface area contributed by atoms with Crippen molar-refractivity contribution < 1.29 is 9.59 Å². The van der Waals surface area contributed by atoms with E-state index in [1.165, 1.54) is 0 Å². The zero-order chi connectivity index (χ0) is 20.7. The van der Waals surface area contributed by atoms with Crippen LogP contribution in [0.3, 0.4) is 0 Å². The third-order valence-corrected chi connectivity index (χ3v) is 4.66. The minimum absolute atomic E-state index is 0.0207. The van der Waals surface area contributed by atoms with E-state index in [9.17, 15) is 9.59 Å². The summed E-state index contributed by atoms with van der Waals surface area (Å²) in [7, 11) is 0. The number of nitrogens with one attached hydrogen (secondary N) is 2. The normalized spacial score (nSPS) is 12.5. The Balaban J connectivity index is 1.95. The van der Waals surface area contributed by atoms with Gasteiger partial charge in [-0.05, 0) is 41.2 Å². The van der Waals surface area contributed by atoms with E-state index < -0.39 is 6.04 Å². The lowest BCUT2D eigenvalue weighted by molar-refractivity contribution is -0.123. The Bertz CT molecular complexity index is 778. The van der Waals surface area contributed by atoms with E-state index in [0.29, 0.717) is 18.5 Å². The van der Waals surface area contributed by atoms with Crippen molar-refractivity contribution in [2.24, 2.45) is 5.92 Å². The molecule has 2 N–H and O–H groups in total. The highest BCUT2D eigenvalue weighted by Gasteiger charge is 2.24. The number of nitrogens with zero attached hydrogens (tertiary/aromatic N) is 1. The van der Waals surface area contributed by atoms with Crippen molar-refractivity contribution in [2.75, 3.05) is 6.54 Å². The van der Waals surface area contributed by atoms with Crippen molar-refractivity contribution in [1.29, 1.82) is 0 Å². The summed E-state index contributed by atoms with van der Waals surface area (Å²) in [6, 6.07) is 12.7. The van der Waals surface area contributed by atoms with Gasteiger partial charge in [0.1, 0.15) is 6.04 Å². The van der Waals surface area contributed by atoms with E-state index in [4.69, 9.17) is 0 Å². The number of carbonyl (C=O) groups is 2. The number of carbonyl (C=O) groups excluding carboxylic acids is 2. The zero-order valence-corrected chi connectivity index (χ0v) is 17.5. The maximum Gasteiger partial charge on any atom is 0.251 e. The van der Waals surface area contributed by atoms with Gasteiger partial charge in [-0.15, -0.1) is 0 Å². The molecule has 0 spiro atoms. The summed E-state index contributed by atoms with van der Waals surface area (Å²) in [5.41, 5.74) is 2.67. The Labute approximate surface area is 168 Å². The van der Waals surface area contributed by atoms with Crippen molar-refractivity contribution >= 4 is 11.8 Å². The van der Waals surface area contributed by atoms with Gasteiger partial charge in [0.15, 0.2) is 0 Å². The Morgan fingerprint density at radius 2 is 1.71 bits per heavy atom. The average molecular weight is 382 g/mol. The number of hydrogen-bond donors (Lipinski definition) is 2. The molecule has 5 heteroatoms. The van der Waals surface area contributed by atoms with Crippen LogP contribution < -0.4 is 10.6 Å². The SMILES string of the molecule is CC(C)[C@@H](NC(=O)c1ccc(C(C)(C)C)cc1)C(=O)NCCc1ccccn1. The molecule has 0 aliphatic heterocycles. The van der Waals surface area contributed by atoms with E-state index in [-0.39, 0.29) is 23.1 Å². The number of amides is 2. The zero-order valence-electron chi connectivity index (χ0n) is 17.5. The second-order valence-electron chi connectivity index (χ2n) is 8.38. The predicted octanol–water partition coefficient (Wildman–Crippen LogP) is 3.49. The van der Waals surface area contributed by atoms with Gasteiger partial charge in [0.05, 0.1) is 0 Å². The summed E-state index contributed by atoms with van der Waals surface area (Å²) in [5.74, 6) is -0.433. The van der Waals surface area contributed by atoms with Crippen molar-refractivity contribution in [3.05, 3.63) is 65.5 Å². The molecule has 0 fully saturated rings. The van der Waals surface area contributed by atoms with E-state index in [2.05, 4.69) is 36.4 Å². The van der Waals surface area contributed by atoms with Gasteiger partial charge in [-0.25, -0.2) is 0 Å². The molecule has 0 radical (unpaired) electrons. The molecule has 1 aromatic heterocycles. The molecule has 0 saturated carbocycles. The van der Waals surface area contributed by atoms with E-state index in [1.807, 2.05) is 56.3 Å². The van der Waals surface area contributed by atoms with Crippen LogP contribution in [0, 0.1) is 5.92 Å². The number of benzene rings is 1. The number of aromatic nitrogens is 1. The van der Waals surface area contributed by atoms with Crippen LogP contribution in [-0.2, 0) is 16.6 Å².